The van der Waals surface area contributed by atoms with E-state index in [0.29, 0.717) is 21.5 Å². The molecule has 0 aliphatic heterocycles. The number of nitrogens with zero attached hydrogens (tertiary/aromatic N) is 2. The summed E-state index contributed by atoms with van der Waals surface area (Å²) in [5.74, 6) is 0. The van der Waals surface area contributed by atoms with Gasteiger partial charge in [-0.15, -0.1) is 0 Å². The van der Waals surface area contributed by atoms with Crippen LogP contribution in [0.2, 0.25) is 0 Å². The minimum atomic E-state index is 0.420. The Morgan fingerprint density at radius 2 is 2.00 bits per heavy atom. The number of hydrogen-bond acceptors (Lipinski definition) is 2. The van der Waals surface area contributed by atoms with Gasteiger partial charge in [-0.2, -0.15) is 0 Å². The first-order chi connectivity index (χ1) is 5.04. The van der Waals surface area contributed by atoms with E-state index in [9.17, 15) is 10.1 Å². The highest BCUT2D eigenvalue weighted by Crippen LogP contribution is 2.01. The van der Waals surface area contributed by atoms with Gasteiger partial charge in [-0.05, 0) is 13.8 Å². The van der Waals surface area contributed by atoms with Gasteiger partial charge in [0.15, 0.2) is 0 Å². The van der Waals surface area contributed by atoms with Crippen LogP contribution in [0.5, 0.6) is 0 Å². The Balaban J connectivity index is 3.59. The van der Waals surface area contributed by atoms with Crippen LogP contribution in [0.15, 0.2) is 6.20 Å². The molecular formula is C7H10N2O2. The average Bonchev–Trinajstić information content (AvgIpc) is 1.97. The molecule has 1 aromatic rings. The van der Waals surface area contributed by atoms with Crippen LogP contribution in [0.25, 0.3) is 0 Å². The first kappa shape index (κ1) is 7.78. The van der Waals surface area contributed by atoms with Crippen LogP contribution in [-0.2, 0) is 0 Å². The van der Waals surface area contributed by atoms with E-state index in [1.807, 2.05) is 0 Å². The topological polar surface area (TPSA) is 51.0 Å². The van der Waals surface area contributed by atoms with Gasteiger partial charge in [0.05, 0.1) is 15.8 Å². The highest BCUT2D eigenvalue weighted by atomic mass is 16.5. The van der Waals surface area contributed by atoms with Crippen molar-refractivity contribution in [1.29, 1.82) is 0 Å². The Labute approximate surface area is 64.3 Å². The van der Waals surface area contributed by atoms with E-state index in [1.54, 1.807) is 20.8 Å². The minimum Gasteiger partial charge on any atom is -0.805 e. The average molecular weight is 154 g/mol. The molecule has 1 rings (SSSR count). The van der Waals surface area contributed by atoms with Crippen LogP contribution in [0.3, 0.4) is 0 Å². The zero-order chi connectivity index (χ0) is 8.59. The third-order valence-electron chi connectivity index (χ3n) is 1.78. The summed E-state index contributed by atoms with van der Waals surface area (Å²) in [6.07, 6.45) is 1.27. The molecule has 0 fully saturated rings. The van der Waals surface area contributed by atoms with Gasteiger partial charge < -0.3 is 9.94 Å². The van der Waals surface area contributed by atoms with E-state index < -0.39 is 0 Å². The van der Waals surface area contributed by atoms with Gasteiger partial charge >= 0.3 is 0 Å². The van der Waals surface area contributed by atoms with Gasteiger partial charge in [-0.1, -0.05) is 0 Å². The minimum absolute atomic E-state index is 0.420. The highest BCUT2D eigenvalue weighted by molar-refractivity contribution is 5.08. The van der Waals surface area contributed by atoms with Crippen molar-refractivity contribution in [3.05, 3.63) is 33.4 Å². The summed E-state index contributed by atoms with van der Waals surface area (Å²) in [4.78, 5) is 11.0. The second-order valence-electron chi connectivity index (χ2n) is 2.56. The maximum absolute atomic E-state index is 11.1. The maximum Gasteiger partial charge on any atom is 0.255 e. The largest absolute Gasteiger partial charge is 0.805 e. The summed E-state index contributed by atoms with van der Waals surface area (Å²) in [6.45, 7) is 4.85. The van der Waals surface area contributed by atoms with Gasteiger partial charge in [0, 0.05) is 11.8 Å². The van der Waals surface area contributed by atoms with E-state index in [0.717, 1.165) is 4.73 Å². The van der Waals surface area contributed by atoms with Gasteiger partial charge in [-0.25, -0.2) is 0 Å². The van der Waals surface area contributed by atoms with E-state index in [-0.39, 0.29) is 0 Å². The summed E-state index contributed by atoms with van der Waals surface area (Å²) in [7, 11) is 0. The predicted octanol–water partition coefficient (Wildman–Crippen LogP) is 0.674. The van der Waals surface area contributed by atoms with Crippen molar-refractivity contribution in [2.24, 2.45) is 0 Å². The van der Waals surface area contributed by atoms with Crippen LogP contribution < -0.4 is 4.43 Å². The Bertz CT molecular complexity index is 341. The third-order valence-corrected chi connectivity index (χ3v) is 1.78. The summed E-state index contributed by atoms with van der Waals surface area (Å²) < 4.78 is 1.46. The van der Waals surface area contributed by atoms with Crippen molar-refractivity contribution < 1.29 is 4.43 Å². The smallest absolute Gasteiger partial charge is 0.255 e. The normalized spacial score (nSPS) is 10.1. The zero-order valence-electron chi connectivity index (χ0n) is 6.79. The molecule has 0 atom stereocenters. The molecule has 0 radical (unpaired) electrons. The lowest BCUT2D eigenvalue weighted by atomic mass is 10.3. The molecular weight excluding hydrogens is 144 g/mol. The van der Waals surface area contributed by atoms with Crippen LogP contribution in [0, 0.1) is 30.9 Å². The molecule has 11 heavy (non-hydrogen) atoms. The van der Waals surface area contributed by atoms with E-state index in [4.69, 9.17) is 0 Å². The molecule has 4 nitrogen and oxygen atoms in total. The van der Waals surface area contributed by atoms with Crippen LogP contribution >= 0.6 is 0 Å². The van der Waals surface area contributed by atoms with Crippen LogP contribution in [-0.4, -0.2) is 4.73 Å². The molecule has 0 saturated heterocycles. The molecule has 0 aliphatic rings. The van der Waals surface area contributed by atoms with Crippen molar-refractivity contribution in [1.82, 2.24) is 4.73 Å². The quantitative estimate of drug-likeness (QED) is 0.516. The zero-order valence-corrected chi connectivity index (χ0v) is 6.79. The molecule has 0 saturated carbocycles. The van der Waals surface area contributed by atoms with Gasteiger partial charge in [0.25, 0.3) is 5.69 Å². The van der Waals surface area contributed by atoms with Crippen molar-refractivity contribution in [2.45, 2.75) is 20.8 Å². The maximum atomic E-state index is 11.1. The van der Waals surface area contributed by atoms with Crippen molar-refractivity contribution in [3.8, 4) is 0 Å². The molecule has 1 aromatic heterocycles. The highest BCUT2D eigenvalue weighted by Gasteiger charge is 2.08. The first-order valence-corrected chi connectivity index (χ1v) is 3.33. The fourth-order valence-electron chi connectivity index (χ4n) is 0.890. The Morgan fingerprint density at radius 1 is 1.45 bits per heavy atom. The molecule has 0 spiro atoms. The molecule has 60 valence electrons. The summed E-state index contributed by atoms with van der Waals surface area (Å²) in [5, 5.41) is 11.1. The number of rotatable bonds is 0. The lowest BCUT2D eigenvalue weighted by Crippen LogP contribution is -2.23. The molecule has 0 N–H and O–H groups in total. The molecule has 4 heteroatoms. The van der Waals surface area contributed by atoms with Crippen molar-refractivity contribution in [3.63, 3.8) is 0 Å². The molecule has 0 unspecified atom stereocenters. The number of aromatic nitrogens is 2. The van der Waals surface area contributed by atoms with E-state index in [1.165, 1.54) is 6.20 Å². The van der Waals surface area contributed by atoms with Gasteiger partial charge in [0.2, 0.25) is 6.20 Å². The molecule has 0 aromatic carbocycles. The standard InChI is InChI=1S/C7H10N2O2/c1-5-4-8(10)6(2)7(3)9(5)11/h4H,1-3H3. The lowest BCUT2D eigenvalue weighted by molar-refractivity contribution is -0.504. The van der Waals surface area contributed by atoms with Crippen molar-refractivity contribution >= 4 is 0 Å². The van der Waals surface area contributed by atoms with Gasteiger partial charge in [-0.3, -0.25) is 0 Å². The third kappa shape index (κ3) is 1.11. The first-order valence-electron chi connectivity index (χ1n) is 3.33. The molecule has 0 bridgehead atoms. The molecule has 0 amide bonds. The SMILES string of the molecule is Cc1c[n+](=O)c(C)c(C)n1[O-]. The van der Waals surface area contributed by atoms with Crippen LogP contribution in [0.1, 0.15) is 17.1 Å². The van der Waals surface area contributed by atoms with Gasteiger partial charge in [0.1, 0.15) is 0 Å². The van der Waals surface area contributed by atoms with E-state index in [2.05, 4.69) is 0 Å². The Hall–Kier alpha value is -1.32. The summed E-state index contributed by atoms with van der Waals surface area (Å²) in [5.41, 5.74) is 1.33. The second-order valence-corrected chi connectivity index (χ2v) is 2.56. The fraction of sp³-hybridized carbons (Fsp3) is 0.429. The summed E-state index contributed by atoms with van der Waals surface area (Å²) >= 11 is 0. The van der Waals surface area contributed by atoms with Crippen LogP contribution in [0.4, 0.5) is 0 Å². The van der Waals surface area contributed by atoms with Crippen molar-refractivity contribution in [2.75, 3.05) is 0 Å². The molecule has 0 aliphatic carbocycles. The Kier molecular flexibility index (Phi) is 1.68. The number of hydrogen-bond donors (Lipinski definition) is 0. The fourth-order valence-corrected chi connectivity index (χ4v) is 0.890. The Morgan fingerprint density at radius 3 is 2.55 bits per heavy atom. The lowest BCUT2D eigenvalue weighted by Gasteiger charge is -2.14. The second kappa shape index (κ2) is 2.38. The summed E-state index contributed by atoms with van der Waals surface area (Å²) in [6, 6.07) is 0. The number of aryl methyl sites for hydroxylation is 1. The predicted molar refractivity (Wildman–Crippen MR) is 40.8 cm³/mol. The molecule has 1 heterocycles. The monoisotopic (exact) mass is 154 g/mol. The van der Waals surface area contributed by atoms with E-state index >= 15 is 0 Å².